The summed E-state index contributed by atoms with van der Waals surface area (Å²) >= 11 is 1.59. The third kappa shape index (κ3) is 3.81. The molecule has 122 valence electrons. The Kier molecular flexibility index (Phi) is 4.91. The molecule has 0 saturated carbocycles. The minimum atomic E-state index is -0.379. The summed E-state index contributed by atoms with van der Waals surface area (Å²) in [6.07, 6.45) is 0. The van der Waals surface area contributed by atoms with Gasteiger partial charge in [0.25, 0.3) is 0 Å². The molecule has 0 bridgehead atoms. The summed E-state index contributed by atoms with van der Waals surface area (Å²) in [5.41, 5.74) is 3.65. The average molecular weight is 339 g/mol. The molecule has 5 heteroatoms. The average Bonchev–Trinajstić information content (AvgIpc) is 3.09. The molecule has 0 aliphatic rings. The van der Waals surface area contributed by atoms with Crippen LogP contribution in [-0.4, -0.2) is 18.1 Å². The van der Waals surface area contributed by atoms with Crippen LogP contribution in [-0.2, 0) is 11.3 Å². The lowest BCUT2D eigenvalue weighted by Gasteiger charge is -2.06. The molecule has 0 saturated heterocycles. The Hall–Kier alpha value is -2.66. The molecule has 2 aromatic carbocycles. The van der Waals surface area contributed by atoms with Gasteiger partial charge >= 0.3 is 5.97 Å². The van der Waals surface area contributed by atoms with Gasteiger partial charge in [0.2, 0.25) is 0 Å². The second-order valence-electron chi connectivity index (χ2n) is 5.32. The van der Waals surface area contributed by atoms with Gasteiger partial charge in [0.15, 0.2) is 0 Å². The fourth-order valence-electron chi connectivity index (χ4n) is 2.19. The van der Waals surface area contributed by atoms with Crippen LogP contribution in [0.25, 0.3) is 10.6 Å². The number of methoxy groups -OCH3 is 1. The van der Waals surface area contributed by atoms with Crippen molar-refractivity contribution in [3.63, 3.8) is 0 Å². The number of rotatable bonds is 5. The normalized spacial score (nSPS) is 10.4. The molecule has 1 aromatic heterocycles. The number of ether oxygens (including phenoxy) is 2. The summed E-state index contributed by atoms with van der Waals surface area (Å²) in [4.78, 5) is 16.1. The lowest BCUT2D eigenvalue weighted by molar-refractivity contribution is 0.0600. The van der Waals surface area contributed by atoms with Gasteiger partial charge in [-0.05, 0) is 25.1 Å². The fourth-order valence-corrected chi connectivity index (χ4v) is 3.00. The van der Waals surface area contributed by atoms with Crippen LogP contribution in [0, 0.1) is 6.92 Å². The van der Waals surface area contributed by atoms with Crippen LogP contribution in [0.2, 0.25) is 0 Å². The molecule has 0 unspecified atom stereocenters. The standard InChI is InChI=1S/C19H17NO3S/c1-13-6-8-14(9-7-13)18-20-16(12-24-18)11-23-17-5-3-4-15(10-17)19(21)22-2/h3-10,12H,11H2,1-2H3. The first-order valence-electron chi connectivity index (χ1n) is 7.48. The zero-order valence-corrected chi connectivity index (χ0v) is 14.3. The maximum Gasteiger partial charge on any atom is 0.337 e. The van der Waals surface area contributed by atoms with Crippen LogP contribution in [0.15, 0.2) is 53.9 Å². The van der Waals surface area contributed by atoms with Crippen molar-refractivity contribution in [3.05, 3.63) is 70.7 Å². The highest BCUT2D eigenvalue weighted by Gasteiger charge is 2.08. The van der Waals surface area contributed by atoms with Crippen molar-refractivity contribution >= 4 is 17.3 Å². The highest BCUT2D eigenvalue weighted by Crippen LogP contribution is 2.25. The van der Waals surface area contributed by atoms with E-state index in [4.69, 9.17) is 9.47 Å². The van der Waals surface area contributed by atoms with Crippen LogP contribution >= 0.6 is 11.3 Å². The van der Waals surface area contributed by atoms with E-state index < -0.39 is 0 Å². The monoisotopic (exact) mass is 339 g/mol. The molecule has 0 atom stereocenters. The van der Waals surface area contributed by atoms with Gasteiger partial charge in [-0.25, -0.2) is 9.78 Å². The van der Waals surface area contributed by atoms with E-state index in [0.717, 1.165) is 16.3 Å². The van der Waals surface area contributed by atoms with Crippen molar-refractivity contribution in [1.82, 2.24) is 4.98 Å². The van der Waals surface area contributed by atoms with Crippen LogP contribution in [0.3, 0.4) is 0 Å². The fraction of sp³-hybridized carbons (Fsp3) is 0.158. The summed E-state index contributed by atoms with van der Waals surface area (Å²) in [7, 11) is 1.36. The van der Waals surface area contributed by atoms with E-state index in [0.29, 0.717) is 17.9 Å². The summed E-state index contributed by atoms with van der Waals surface area (Å²) in [5.74, 6) is 0.235. The van der Waals surface area contributed by atoms with Gasteiger partial charge in [-0.15, -0.1) is 11.3 Å². The van der Waals surface area contributed by atoms with Crippen LogP contribution < -0.4 is 4.74 Å². The van der Waals surface area contributed by atoms with Gasteiger partial charge < -0.3 is 9.47 Å². The molecule has 1 heterocycles. The largest absolute Gasteiger partial charge is 0.487 e. The van der Waals surface area contributed by atoms with E-state index in [-0.39, 0.29) is 5.97 Å². The SMILES string of the molecule is COC(=O)c1cccc(OCc2csc(-c3ccc(C)cc3)n2)c1. The smallest absolute Gasteiger partial charge is 0.337 e. The number of carbonyl (C=O) groups excluding carboxylic acids is 1. The van der Waals surface area contributed by atoms with E-state index in [2.05, 4.69) is 36.2 Å². The molecule has 0 radical (unpaired) electrons. The minimum absolute atomic E-state index is 0.354. The Labute approximate surface area is 144 Å². The molecule has 3 aromatic rings. The predicted octanol–water partition coefficient (Wildman–Crippen LogP) is 4.48. The topological polar surface area (TPSA) is 48.4 Å². The Balaban J connectivity index is 1.67. The van der Waals surface area contributed by atoms with E-state index in [1.54, 1.807) is 35.6 Å². The highest BCUT2D eigenvalue weighted by molar-refractivity contribution is 7.13. The maximum atomic E-state index is 11.5. The number of thiazole rings is 1. The van der Waals surface area contributed by atoms with Crippen LogP contribution in [0.5, 0.6) is 5.75 Å². The van der Waals surface area contributed by atoms with Gasteiger partial charge in [-0.1, -0.05) is 35.9 Å². The Morgan fingerprint density at radius 3 is 2.71 bits per heavy atom. The Morgan fingerprint density at radius 2 is 1.96 bits per heavy atom. The molecule has 4 nitrogen and oxygen atoms in total. The second kappa shape index (κ2) is 7.27. The van der Waals surface area contributed by atoms with Gasteiger partial charge in [-0.2, -0.15) is 0 Å². The number of carbonyl (C=O) groups is 1. The molecule has 0 spiro atoms. The number of benzene rings is 2. The molecule has 3 rings (SSSR count). The molecule has 0 amide bonds. The molecular formula is C19H17NO3S. The van der Waals surface area contributed by atoms with Gasteiger partial charge in [-0.3, -0.25) is 0 Å². The van der Waals surface area contributed by atoms with Crippen molar-refractivity contribution in [2.45, 2.75) is 13.5 Å². The number of aromatic nitrogens is 1. The molecule has 0 fully saturated rings. The second-order valence-corrected chi connectivity index (χ2v) is 6.18. The van der Waals surface area contributed by atoms with Crippen molar-refractivity contribution in [2.24, 2.45) is 0 Å². The molecule has 0 N–H and O–H groups in total. The predicted molar refractivity (Wildman–Crippen MR) is 94.4 cm³/mol. The van der Waals surface area contributed by atoms with Gasteiger partial charge in [0.05, 0.1) is 18.4 Å². The molecule has 0 aliphatic carbocycles. The lowest BCUT2D eigenvalue weighted by atomic mass is 10.2. The maximum absolute atomic E-state index is 11.5. The molecular weight excluding hydrogens is 322 g/mol. The number of hydrogen-bond acceptors (Lipinski definition) is 5. The summed E-state index contributed by atoms with van der Waals surface area (Å²) in [5, 5.41) is 2.95. The van der Waals surface area contributed by atoms with Crippen LogP contribution in [0.4, 0.5) is 0 Å². The van der Waals surface area contributed by atoms with Gasteiger partial charge in [0, 0.05) is 10.9 Å². The van der Waals surface area contributed by atoms with Crippen molar-refractivity contribution in [2.75, 3.05) is 7.11 Å². The Bertz CT molecular complexity index is 840. The highest BCUT2D eigenvalue weighted by atomic mass is 32.1. The van der Waals surface area contributed by atoms with E-state index in [1.165, 1.54) is 12.7 Å². The third-order valence-corrected chi connectivity index (χ3v) is 4.43. The zero-order chi connectivity index (χ0) is 16.9. The van der Waals surface area contributed by atoms with E-state index >= 15 is 0 Å². The van der Waals surface area contributed by atoms with Gasteiger partial charge in [0.1, 0.15) is 17.4 Å². The van der Waals surface area contributed by atoms with E-state index in [9.17, 15) is 4.79 Å². The zero-order valence-electron chi connectivity index (χ0n) is 13.5. The number of nitrogens with zero attached hydrogens (tertiary/aromatic N) is 1. The summed E-state index contributed by atoms with van der Waals surface area (Å²) < 4.78 is 10.4. The van der Waals surface area contributed by atoms with Crippen molar-refractivity contribution in [3.8, 4) is 16.3 Å². The molecule has 0 aliphatic heterocycles. The third-order valence-electron chi connectivity index (χ3n) is 3.49. The number of esters is 1. The quantitative estimate of drug-likeness (QED) is 0.643. The number of aryl methyl sites for hydroxylation is 1. The van der Waals surface area contributed by atoms with Crippen LogP contribution in [0.1, 0.15) is 21.6 Å². The van der Waals surface area contributed by atoms with E-state index in [1.807, 2.05) is 5.38 Å². The first kappa shape index (κ1) is 16.2. The number of hydrogen-bond donors (Lipinski definition) is 0. The lowest BCUT2D eigenvalue weighted by Crippen LogP contribution is -2.02. The first-order valence-corrected chi connectivity index (χ1v) is 8.36. The van der Waals surface area contributed by atoms with Crippen molar-refractivity contribution in [1.29, 1.82) is 0 Å². The van der Waals surface area contributed by atoms with Crippen molar-refractivity contribution < 1.29 is 14.3 Å². The summed E-state index contributed by atoms with van der Waals surface area (Å²) in [6, 6.07) is 15.2. The molecule has 24 heavy (non-hydrogen) atoms. The minimum Gasteiger partial charge on any atom is -0.487 e. The first-order chi connectivity index (χ1) is 11.7. The summed E-state index contributed by atoms with van der Waals surface area (Å²) in [6.45, 7) is 2.42. The Morgan fingerprint density at radius 1 is 1.17 bits per heavy atom.